The van der Waals surface area contributed by atoms with Crippen LogP contribution in [0, 0.1) is 0 Å². The molecule has 5 heteroatoms. The zero-order valence-electron chi connectivity index (χ0n) is 14.5. The Bertz CT molecular complexity index is 535. The van der Waals surface area contributed by atoms with Crippen LogP contribution in [0.3, 0.4) is 0 Å². The van der Waals surface area contributed by atoms with Crippen LogP contribution in [0.4, 0.5) is 4.79 Å². The number of carbonyl (C=O) groups is 1. The minimum atomic E-state index is -0.674. The van der Waals surface area contributed by atoms with Crippen molar-refractivity contribution in [2.75, 3.05) is 13.1 Å². The van der Waals surface area contributed by atoms with E-state index in [1.807, 2.05) is 25.1 Å². The molecule has 128 valence electrons. The molecule has 1 amide bonds. The molecule has 3 N–H and O–H groups in total. The molecule has 1 rings (SSSR count). The molecule has 0 fully saturated rings. The summed E-state index contributed by atoms with van der Waals surface area (Å²) < 4.78 is 5.11. The Labute approximate surface area is 138 Å². The highest BCUT2D eigenvalue weighted by Gasteiger charge is 2.16. The normalized spacial score (nSPS) is 12.6. The van der Waals surface area contributed by atoms with Gasteiger partial charge in [-0.3, -0.25) is 0 Å². The maximum Gasteiger partial charge on any atom is 0.407 e. The molecule has 1 aromatic carbocycles. The lowest BCUT2D eigenvalue weighted by molar-refractivity contribution is 0.0492. The molecule has 5 nitrogen and oxygen atoms in total. The summed E-state index contributed by atoms with van der Waals surface area (Å²) in [6.45, 7) is 12.5. The first-order chi connectivity index (χ1) is 10.7. The van der Waals surface area contributed by atoms with Crippen LogP contribution in [0.25, 0.3) is 5.57 Å². The van der Waals surface area contributed by atoms with Crippen LogP contribution in [-0.4, -0.2) is 36.0 Å². The van der Waals surface area contributed by atoms with Crippen LogP contribution in [-0.2, 0) is 11.3 Å². The Hall–Kier alpha value is -1.85. The van der Waals surface area contributed by atoms with E-state index in [0.717, 1.165) is 16.7 Å². The molecule has 1 aromatic rings. The van der Waals surface area contributed by atoms with Gasteiger partial charge < -0.3 is 20.5 Å². The van der Waals surface area contributed by atoms with Crippen molar-refractivity contribution in [2.45, 2.75) is 45.9 Å². The van der Waals surface area contributed by atoms with E-state index >= 15 is 0 Å². The molecular formula is C18H28N2O3. The Kier molecular flexibility index (Phi) is 7.26. The predicted molar refractivity (Wildman–Crippen MR) is 93.1 cm³/mol. The first-order valence-corrected chi connectivity index (χ1v) is 7.78. The second-order valence-electron chi connectivity index (χ2n) is 6.65. The van der Waals surface area contributed by atoms with E-state index in [0.29, 0.717) is 13.1 Å². The summed E-state index contributed by atoms with van der Waals surface area (Å²) in [7, 11) is 0. The van der Waals surface area contributed by atoms with Crippen molar-refractivity contribution < 1.29 is 14.6 Å². The van der Waals surface area contributed by atoms with Crippen molar-refractivity contribution >= 4 is 11.7 Å². The number of ether oxygens (including phenoxy) is 1. The number of rotatable bonds is 7. The smallest absolute Gasteiger partial charge is 0.407 e. The minimum Gasteiger partial charge on any atom is -0.444 e. The van der Waals surface area contributed by atoms with Gasteiger partial charge in [0.2, 0.25) is 0 Å². The molecular weight excluding hydrogens is 292 g/mol. The number of hydrogen-bond acceptors (Lipinski definition) is 4. The van der Waals surface area contributed by atoms with E-state index < -0.39 is 17.8 Å². The molecule has 0 radical (unpaired) electrons. The number of amides is 1. The lowest BCUT2D eigenvalue weighted by Crippen LogP contribution is -2.40. The molecule has 0 aliphatic carbocycles. The molecule has 1 atom stereocenters. The van der Waals surface area contributed by atoms with Crippen LogP contribution >= 0.6 is 0 Å². The van der Waals surface area contributed by atoms with Gasteiger partial charge in [0.25, 0.3) is 0 Å². The SMILES string of the molecule is C=C(C)c1cccc(CNC[C@@H](O)CNC(=O)OC(C)(C)C)c1. The topological polar surface area (TPSA) is 70.6 Å². The summed E-state index contributed by atoms with van der Waals surface area (Å²) in [6, 6.07) is 8.10. The third-order valence-electron chi connectivity index (χ3n) is 3.01. The fourth-order valence-electron chi connectivity index (χ4n) is 1.92. The largest absolute Gasteiger partial charge is 0.444 e. The molecule has 0 saturated carbocycles. The van der Waals surface area contributed by atoms with E-state index in [-0.39, 0.29) is 6.54 Å². The lowest BCUT2D eigenvalue weighted by atomic mass is 10.1. The third kappa shape index (κ3) is 8.38. The summed E-state index contributed by atoms with van der Waals surface area (Å²) >= 11 is 0. The zero-order chi connectivity index (χ0) is 17.5. The fraction of sp³-hybridized carbons (Fsp3) is 0.500. The number of nitrogens with one attached hydrogen (secondary N) is 2. The summed E-state index contributed by atoms with van der Waals surface area (Å²) in [4.78, 5) is 11.5. The van der Waals surface area contributed by atoms with E-state index in [9.17, 15) is 9.90 Å². The molecule has 0 saturated heterocycles. The second-order valence-corrected chi connectivity index (χ2v) is 6.65. The Morgan fingerprint density at radius 2 is 2.04 bits per heavy atom. The Morgan fingerprint density at radius 3 is 2.65 bits per heavy atom. The molecule has 0 aliphatic rings. The van der Waals surface area contributed by atoms with Gasteiger partial charge in [-0.25, -0.2) is 4.79 Å². The maximum atomic E-state index is 11.5. The average Bonchev–Trinajstić information content (AvgIpc) is 2.43. The lowest BCUT2D eigenvalue weighted by Gasteiger charge is -2.20. The minimum absolute atomic E-state index is 0.147. The summed E-state index contributed by atoms with van der Waals surface area (Å²) in [5.74, 6) is 0. The number of benzene rings is 1. The predicted octanol–water partition coefficient (Wildman–Crippen LogP) is 2.69. The quantitative estimate of drug-likeness (QED) is 0.722. The van der Waals surface area contributed by atoms with E-state index in [2.05, 4.69) is 23.3 Å². The van der Waals surface area contributed by atoms with E-state index in [1.54, 1.807) is 20.8 Å². The number of aliphatic hydroxyl groups excluding tert-OH is 1. The van der Waals surface area contributed by atoms with Crippen LogP contribution < -0.4 is 10.6 Å². The van der Waals surface area contributed by atoms with E-state index in [1.165, 1.54) is 0 Å². The van der Waals surface area contributed by atoms with Gasteiger partial charge >= 0.3 is 6.09 Å². The average molecular weight is 320 g/mol. The summed E-state index contributed by atoms with van der Waals surface area (Å²) in [5.41, 5.74) is 2.71. The van der Waals surface area contributed by atoms with Gasteiger partial charge in [-0.1, -0.05) is 36.4 Å². The van der Waals surface area contributed by atoms with Crippen molar-refractivity contribution in [3.8, 4) is 0 Å². The third-order valence-corrected chi connectivity index (χ3v) is 3.01. The van der Waals surface area contributed by atoms with Gasteiger partial charge in [0.15, 0.2) is 0 Å². The van der Waals surface area contributed by atoms with E-state index in [4.69, 9.17) is 4.74 Å². The van der Waals surface area contributed by atoms with Gasteiger partial charge in [0.1, 0.15) is 5.60 Å². The maximum absolute atomic E-state index is 11.5. The van der Waals surface area contributed by atoms with Crippen molar-refractivity contribution in [3.63, 3.8) is 0 Å². The standard InChI is InChI=1S/C18H28N2O3/c1-13(2)15-8-6-7-14(9-15)10-19-11-16(21)12-20-17(22)23-18(3,4)5/h6-9,16,19,21H,1,10-12H2,2-5H3,(H,20,22)/t16-/m1/s1. The number of hydrogen-bond donors (Lipinski definition) is 3. The number of alkyl carbamates (subject to hydrolysis) is 1. The zero-order valence-corrected chi connectivity index (χ0v) is 14.5. The van der Waals surface area contributed by atoms with Crippen molar-refractivity contribution in [3.05, 3.63) is 42.0 Å². The number of allylic oxidation sites excluding steroid dienone is 1. The van der Waals surface area contributed by atoms with Crippen LogP contribution in [0.15, 0.2) is 30.8 Å². The molecule has 0 spiro atoms. The van der Waals surface area contributed by atoms with Crippen molar-refractivity contribution in [1.29, 1.82) is 0 Å². The highest BCUT2D eigenvalue weighted by Crippen LogP contribution is 2.13. The highest BCUT2D eigenvalue weighted by atomic mass is 16.6. The van der Waals surface area contributed by atoms with Crippen molar-refractivity contribution in [1.82, 2.24) is 10.6 Å². The first kappa shape index (κ1) is 19.2. The number of carbonyl (C=O) groups excluding carboxylic acids is 1. The Morgan fingerprint density at radius 1 is 1.35 bits per heavy atom. The molecule has 0 unspecified atom stereocenters. The van der Waals surface area contributed by atoms with Gasteiger partial charge in [0.05, 0.1) is 6.10 Å². The van der Waals surface area contributed by atoms with Gasteiger partial charge in [-0.15, -0.1) is 0 Å². The van der Waals surface area contributed by atoms with Crippen molar-refractivity contribution in [2.24, 2.45) is 0 Å². The summed E-state index contributed by atoms with van der Waals surface area (Å²) in [6.07, 6.45) is -1.20. The highest BCUT2D eigenvalue weighted by molar-refractivity contribution is 5.67. The Balaban J connectivity index is 2.29. The fourth-order valence-corrected chi connectivity index (χ4v) is 1.92. The van der Waals surface area contributed by atoms with Gasteiger partial charge in [-0.2, -0.15) is 0 Å². The molecule has 0 aliphatic heterocycles. The van der Waals surface area contributed by atoms with Gasteiger partial charge in [0, 0.05) is 19.6 Å². The van der Waals surface area contributed by atoms with Gasteiger partial charge in [-0.05, 0) is 38.8 Å². The molecule has 0 bridgehead atoms. The molecule has 0 heterocycles. The monoisotopic (exact) mass is 320 g/mol. The van der Waals surface area contributed by atoms with Crippen LogP contribution in [0.5, 0.6) is 0 Å². The van der Waals surface area contributed by atoms with Crippen LogP contribution in [0.1, 0.15) is 38.8 Å². The number of aliphatic hydroxyl groups is 1. The molecule has 0 aromatic heterocycles. The van der Waals surface area contributed by atoms with Crippen LogP contribution in [0.2, 0.25) is 0 Å². The molecule has 23 heavy (non-hydrogen) atoms. The first-order valence-electron chi connectivity index (χ1n) is 7.78. The summed E-state index contributed by atoms with van der Waals surface area (Å²) in [5, 5.41) is 15.6. The second kappa shape index (κ2) is 8.70.